The van der Waals surface area contributed by atoms with E-state index in [0.717, 1.165) is 20.8 Å². The Hall–Kier alpha value is -3.09. The Morgan fingerprint density at radius 2 is 1.72 bits per heavy atom. The van der Waals surface area contributed by atoms with Crippen LogP contribution in [-0.2, 0) is 11.3 Å². The summed E-state index contributed by atoms with van der Waals surface area (Å²) in [5.41, 5.74) is 2.41. The van der Waals surface area contributed by atoms with Crippen LogP contribution in [0.3, 0.4) is 0 Å². The number of anilines is 1. The molecule has 1 atom stereocenters. The molecule has 1 amide bonds. The van der Waals surface area contributed by atoms with Crippen molar-refractivity contribution < 1.29 is 9.18 Å². The highest BCUT2D eigenvalue weighted by atomic mass is 32.1. The molecule has 0 aliphatic heterocycles. The minimum Gasteiger partial charge on any atom is -0.324 e. The second-order valence-electron chi connectivity index (χ2n) is 6.80. The third-order valence-corrected chi connectivity index (χ3v) is 5.66. The van der Waals surface area contributed by atoms with Crippen LogP contribution in [0.1, 0.15) is 16.6 Å². The van der Waals surface area contributed by atoms with E-state index in [1.807, 2.05) is 66.5 Å². The fourth-order valence-corrected chi connectivity index (χ4v) is 4.31. The summed E-state index contributed by atoms with van der Waals surface area (Å²) in [6.07, 6.45) is 0. The number of hydrogen-bond donors (Lipinski definition) is 1. The van der Waals surface area contributed by atoms with Gasteiger partial charge in [0.1, 0.15) is 16.9 Å². The molecule has 29 heavy (non-hydrogen) atoms. The summed E-state index contributed by atoms with van der Waals surface area (Å²) in [7, 11) is 1.91. The van der Waals surface area contributed by atoms with E-state index in [1.165, 1.54) is 12.1 Å². The molecule has 4 nitrogen and oxygen atoms in total. The van der Waals surface area contributed by atoms with Crippen LogP contribution in [0.25, 0.3) is 10.2 Å². The zero-order chi connectivity index (χ0) is 20.2. The number of fused-ring (bicyclic) bond motifs is 1. The van der Waals surface area contributed by atoms with Gasteiger partial charge in [-0.05, 0) is 49.0 Å². The summed E-state index contributed by atoms with van der Waals surface area (Å²) in [5, 5.41) is 3.85. The van der Waals surface area contributed by atoms with Gasteiger partial charge < -0.3 is 5.32 Å². The zero-order valence-electron chi connectivity index (χ0n) is 15.9. The topological polar surface area (TPSA) is 45.2 Å². The molecule has 6 heteroatoms. The second kappa shape index (κ2) is 8.51. The van der Waals surface area contributed by atoms with Crippen molar-refractivity contribution in [3.8, 4) is 0 Å². The number of hydrogen-bond acceptors (Lipinski definition) is 4. The Balaban J connectivity index is 1.59. The average Bonchev–Trinajstić information content (AvgIpc) is 3.13. The molecule has 4 rings (SSSR count). The van der Waals surface area contributed by atoms with Crippen molar-refractivity contribution in [2.45, 2.75) is 12.6 Å². The molecule has 0 aliphatic carbocycles. The lowest BCUT2D eigenvalue weighted by molar-refractivity contribution is -0.121. The van der Waals surface area contributed by atoms with Crippen molar-refractivity contribution in [2.75, 3.05) is 12.4 Å². The van der Waals surface area contributed by atoms with Gasteiger partial charge in [0.25, 0.3) is 0 Å². The van der Waals surface area contributed by atoms with Crippen molar-refractivity contribution in [1.29, 1.82) is 0 Å². The number of halogens is 1. The van der Waals surface area contributed by atoms with Crippen LogP contribution in [-0.4, -0.2) is 22.8 Å². The first-order chi connectivity index (χ1) is 14.1. The third-order valence-electron chi connectivity index (χ3n) is 4.64. The van der Waals surface area contributed by atoms with Gasteiger partial charge in [-0.1, -0.05) is 42.5 Å². The van der Waals surface area contributed by atoms with E-state index in [2.05, 4.69) is 10.3 Å². The van der Waals surface area contributed by atoms with Crippen LogP contribution in [0.5, 0.6) is 0 Å². The smallest absolute Gasteiger partial charge is 0.246 e. The van der Waals surface area contributed by atoms with Crippen LogP contribution >= 0.6 is 11.3 Å². The first-order valence-corrected chi connectivity index (χ1v) is 10.1. The van der Waals surface area contributed by atoms with Gasteiger partial charge in [0.05, 0.1) is 16.8 Å². The Bertz CT molecular complexity index is 1080. The van der Waals surface area contributed by atoms with E-state index < -0.39 is 6.04 Å². The molecule has 146 valence electrons. The molecule has 0 aliphatic rings. The summed E-state index contributed by atoms with van der Waals surface area (Å²) in [4.78, 5) is 19.8. The molecule has 3 aromatic carbocycles. The molecule has 0 saturated carbocycles. The minimum atomic E-state index is -0.506. The van der Waals surface area contributed by atoms with Crippen LogP contribution in [0.4, 0.5) is 10.1 Å². The fraction of sp³-hybridized carbons (Fsp3) is 0.130. The van der Waals surface area contributed by atoms with E-state index in [-0.39, 0.29) is 11.7 Å². The average molecular weight is 405 g/mol. The predicted molar refractivity (Wildman–Crippen MR) is 115 cm³/mol. The maximum atomic E-state index is 13.2. The normalized spacial score (nSPS) is 12.2. The molecule has 0 saturated heterocycles. The summed E-state index contributed by atoms with van der Waals surface area (Å²) >= 11 is 1.63. The number of thiazole rings is 1. The Labute approximate surface area is 172 Å². The summed E-state index contributed by atoms with van der Waals surface area (Å²) in [5.74, 6) is -0.512. The lowest BCUT2D eigenvalue weighted by Gasteiger charge is -2.27. The van der Waals surface area contributed by atoms with Crippen LogP contribution < -0.4 is 5.32 Å². The zero-order valence-corrected chi connectivity index (χ0v) is 16.7. The van der Waals surface area contributed by atoms with Crippen molar-refractivity contribution in [2.24, 2.45) is 0 Å². The van der Waals surface area contributed by atoms with E-state index in [1.54, 1.807) is 23.5 Å². The largest absolute Gasteiger partial charge is 0.324 e. The standard InChI is InChI=1S/C23H20FN3OS/c1-27(15-21-26-19-9-5-6-10-20(19)29-21)22(16-7-3-2-4-8-16)23(28)25-18-13-11-17(24)12-14-18/h2-14,22H,15H2,1H3,(H,25,28)/t22-/m1/s1. The fourth-order valence-electron chi connectivity index (χ4n) is 3.28. The maximum Gasteiger partial charge on any atom is 0.246 e. The minimum absolute atomic E-state index is 0.175. The van der Waals surface area contributed by atoms with Crippen molar-refractivity contribution in [3.63, 3.8) is 0 Å². The SMILES string of the molecule is CN(Cc1nc2ccccc2s1)[C@@H](C(=O)Nc1ccc(F)cc1)c1ccccc1. The quantitative estimate of drug-likeness (QED) is 0.477. The molecule has 0 unspecified atom stereocenters. The monoisotopic (exact) mass is 405 g/mol. The van der Waals surface area contributed by atoms with Crippen LogP contribution in [0.15, 0.2) is 78.9 Å². The number of carbonyl (C=O) groups excluding carboxylic acids is 1. The second-order valence-corrected chi connectivity index (χ2v) is 7.92. The van der Waals surface area contributed by atoms with Gasteiger partial charge >= 0.3 is 0 Å². The highest BCUT2D eigenvalue weighted by molar-refractivity contribution is 7.18. The molecule has 0 spiro atoms. The number of likely N-dealkylation sites (N-methyl/N-ethyl adjacent to an activating group) is 1. The molecule has 0 fully saturated rings. The van der Waals surface area contributed by atoms with Gasteiger partial charge in [0, 0.05) is 5.69 Å². The van der Waals surface area contributed by atoms with Crippen molar-refractivity contribution >= 4 is 33.1 Å². The third kappa shape index (κ3) is 4.50. The number of nitrogens with zero attached hydrogens (tertiary/aromatic N) is 2. The highest BCUT2D eigenvalue weighted by Crippen LogP contribution is 2.27. The molecule has 0 bridgehead atoms. The van der Waals surface area contributed by atoms with Gasteiger partial charge in [0.15, 0.2) is 0 Å². The van der Waals surface area contributed by atoms with Gasteiger partial charge in [-0.25, -0.2) is 9.37 Å². The summed E-state index contributed by atoms with van der Waals surface area (Å²) in [6.45, 7) is 0.537. The van der Waals surface area contributed by atoms with Gasteiger partial charge in [-0.15, -0.1) is 11.3 Å². The first-order valence-electron chi connectivity index (χ1n) is 9.26. The van der Waals surface area contributed by atoms with Crippen LogP contribution in [0.2, 0.25) is 0 Å². The van der Waals surface area contributed by atoms with Gasteiger partial charge in [-0.3, -0.25) is 9.69 Å². The Morgan fingerprint density at radius 3 is 2.45 bits per heavy atom. The Morgan fingerprint density at radius 1 is 1.03 bits per heavy atom. The number of carbonyl (C=O) groups is 1. The van der Waals surface area contributed by atoms with E-state index in [4.69, 9.17) is 0 Å². The summed E-state index contributed by atoms with van der Waals surface area (Å²) in [6, 6.07) is 22.9. The molecule has 1 N–H and O–H groups in total. The van der Waals surface area contributed by atoms with Gasteiger partial charge in [-0.2, -0.15) is 0 Å². The number of benzene rings is 3. The maximum absolute atomic E-state index is 13.2. The lowest BCUT2D eigenvalue weighted by atomic mass is 10.0. The lowest BCUT2D eigenvalue weighted by Crippen LogP contribution is -2.34. The molecular weight excluding hydrogens is 385 g/mol. The van der Waals surface area contributed by atoms with Gasteiger partial charge in [0.2, 0.25) is 5.91 Å². The molecule has 1 aromatic heterocycles. The van der Waals surface area contributed by atoms with Crippen molar-refractivity contribution in [3.05, 3.63) is 95.3 Å². The number of para-hydroxylation sites is 1. The molecule has 1 heterocycles. The molecule has 0 radical (unpaired) electrons. The Kier molecular flexibility index (Phi) is 5.64. The van der Waals surface area contributed by atoms with Crippen molar-refractivity contribution in [1.82, 2.24) is 9.88 Å². The molecular formula is C23H20FN3OS. The highest BCUT2D eigenvalue weighted by Gasteiger charge is 2.26. The van der Waals surface area contributed by atoms with E-state index in [9.17, 15) is 9.18 Å². The number of amides is 1. The molecule has 4 aromatic rings. The predicted octanol–water partition coefficient (Wildman–Crippen LogP) is 5.25. The first kappa shape index (κ1) is 19.2. The van der Waals surface area contributed by atoms with E-state index in [0.29, 0.717) is 12.2 Å². The van der Waals surface area contributed by atoms with E-state index >= 15 is 0 Å². The number of aromatic nitrogens is 1. The van der Waals surface area contributed by atoms with Crippen LogP contribution in [0, 0.1) is 5.82 Å². The number of nitrogens with one attached hydrogen (secondary N) is 1. The summed E-state index contributed by atoms with van der Waals surface area (Å²) < 4.78 is 14.3. The number of rotatable bonds is 6.